The number of carbonyl (C=O) groups is 2. The molecule has 0 atom stereocenters. The number of amides is 2. The highest BCUT2D eigenvalue weighted by atomic mass is 32.1. The molecule has 39 heavy (non-hydrogen) atoms. The molecule has 2 aromatic rings. The Hall–Kier alpha value is -3.67. The van der Waals surface area contributed by atoms with Crippen LogP contribution in [0.2, 0.25) is 0 Å². The lowest BCUT2D eigenvalue weighted by Crippen LogP contribution is -2.48. The normalized spacial score (nSPS) is 16.0. The maximum Gasteiger partial charge on any atom is 0.405 e. The molecule has 210 valence electrons. The van der Waals surface area contributed by atoms with Gasteiger partial charge in [0, 0.05) is 57.3 Å². The van der Waals surface area contributed by atoms with Gasteiger partial charge in [0.1, 0.15) is 21.8 Å². The predicted molar refractivity (Wildman–Crippen MR) is 143 cm³/mol. The van der Waals surface area contributed by atoms with Gasteiger partial charge in [0.2, 0.25) is 5.91 Å². The Morgan fingerprint density at radius 2 is 1.92 bits per heavy atom. The third kappa shape index (κ3) is 7.92. The SMILES string of the molecule is CCn1c(=O)/c(=C\Nc2cccc(N(C)C(=O)CN3CCN(C)CC3)c2)s/c1=C(/C#N)C(=O)NCC(F)(F)F. The van der Waals surface area contributed by atoms with Crippen LogP contribution < -0.4 is 30.3 Å². The first-order chi connectivity index (χ1) is 18.4. The topological polar surface area (TPSA) is 114 Å². The van der Waals surface area contributed by atoms with E-state index in [2.05, 4.69) is 15.1 Å². The molecule has 0 aliphatic carbocycles. The first-order valence-corrected chi connectivity index (χ1v) is 13.0. The largest absolute Gasteiger partial charge is 0.405 e. The van der Waals surface area contributed by atoms with Crippen LogP contribution in [0.1, 0.15) is 6.92 Å². The molecule has 2 amide bonds. The fraction of sp³-hybridized carbons (Fsp3) is 0.440. The maximum absolute atomic E-state index is 12.9. The molecule has 1 aliphatic rings. The Kier molecular flexibility index (Phi) is 9.90. The van der Waals surface area contributed by atoms with Crippen LogP contribution in [0.25, 0.3) is 11.8 Å². The first-order valence-electron chi connectivity index (χ1n) is 12.2. The van der Waals surface area contributed by atoms with Gasteiger partial charge < -0.3 is 20.4 Å². The highest BCUT2D eigenvalue weighted by Gasteiger charge is 2.29. The summed E-state index contributed by atoms with van der Waals surface area (Å²) in [5, 5.41) is 14.1. The number of piperazine rings is 1. The van der Waals surface area contributed by atoms with Crippen LogP contribution in [0.3, 0.4) is 0 Å². The maximum atomic E-state index is 12.9. The zero-order chi connectivity index (χ0) is 28.7. The third-order valence-electron chi connectivity index (χ3n) is 6.16. The first kappa shape index (κ1) is 29.9. The lowest BCUT2D eigenvalue weighted by molar-refractivity contribution is -0.135. The smallest absolute Gasteiger partial charge is 0.360 e. The number of likely N-dealkylation sites (N-methyl/N-ethyl adjacent to an activating group) is 2. The number of aromatic nitrogens is 1. The Bertz CT molecular complexity index is 1420. The van der Waals surface area contributed by atoms with Crippen molar-refractivity contribution in [3.05, 3.63) is 43.8 Å². The number of nitriles is 1. The van der Waals surface area contributed by atoms with Crippen molar-refractivity contribution < 1.29 is 22.8 Å². The zero-order valence-electron chi connectivity index (χ0n) is 21.8. The van der Waals surface area contributed by atoms with Crippen LogP contribution >= 0.6 is 11.3 Å². The van der Waals surface area contributed by atoms with Crippen molar-refractivity contribution in [1.82, 2.24) is 19.7 Å². The van der Waals surface area contributed by atoms with Crippen LogP contribution in [-0.4, -0.2) is 85.7 Å². The molecule has 14 heteroatoms. The number of thiazole rings is 1. The Balaban J connectivity index is 1.82. The van der Waals surface area contributed by atoms with E-state index in [1.54, 1.807) is 54.5 Å². The van der Waals surface area contributed by atoms with Crippen molar-refractivity contribution >= 4 is 46.3 Å². The summed E-state index contributed by atoms with van der Waals surface area (Å²) >= 11 is 0.817. The molecule has 0 spiro atoms. The Labute approximate surface area is 227 Å². The number of hydrogen-bond donors (Lipinski definition) is 2. The van der Waals surface area contributed by atoms with Gasteiger partial charge in [-0.05, 0) is 32.2 Å². The highest BCUT2D eigenvalue weighted by molar-refractivity contribution is 7.07. The zero-order valence-corrected chi connectivity index (χ0v) is 22.7. The molecule has 1 aromatic carbocycles. The van der Waals surface area contributed by atoms with Crippen LogP contribution in [0, 0.1) is 11.3 Å². The van der Waals surface area contributed by atoms with Gasteiger partial charge in [-0.15, -0.1) is 11.3 Å². The van der Waals surface area contributed by atoms with Gasteiger partial charge in [-0.2, -0.15) is 18.4 Å². The Morgan fingerprint density at radius 3 is 2.54 bits per heavy atom. The van der Waals surface area contributed by atoms with E-state index >= 15 is 0 Å². The third-order valence-corrected chi connectivity index (χ3v) is 7.29. The minimum atomic E-state index is -4.64. The second-order valence-electron chi connectivity index (χ2n) is 8.98. The molecule has 1 aromatic heterocycles. The summed E-state index contributed by atoms with van der Waals surface area (Å²) in [7, 11) is 3.74. The van der Waals surface area contributed by atoms with Gasteiger partial charge in [0.05, 0.1) is 6.54 Å². The molecule has 0 saturated carbocycles. The van der Waals surface area contributed by atoms with Crippen molar-refractivity contribution in [2.24, 2.45) is 0 Å². The number of nitrogens with one attached hydrogen (secondary N) is 2. The van der Waals surface area contributed by atoms with Gasteiger partial charge in [0.15, 0.2) is 5.57 Å². The molecular weight excluding hydrogens is 535 g/mol. The van der Waals surface area contributed by atoms with Crippen molar-refractivity contribution in [2.45, 2.75) is 19.6 Å². The van der Waals surface area contributed by atoms with Crippen molar-refractivity contribution in [1.29, 1.82) is 5.26 Å². The molecule has 2 heterocycles. The molecule has 0 unspecified atom stereocenters. The van der Waals surface area contributed by atoms with Crippen molar-refractivity contribution in [3.8, 4) is 6.07 Å². The van der Waals surface area contributed by atoms with Crippen LogP contribution in [0.5, 0.6) is 0 Å². The molecule has 1 aliphatic heterocycles. The van der Waals surface area contributed by atoms with E-state index in [4.69, 9.17) is 0 Å². The summed E-state index contributed by atoms with van der Waals surface area (Å²) in [4.78, 5) is 43.8. The second-order valence-corrected chi connectivity index (χ2v) is 10.0. The van der Waals surface area contributed by atoms with E-state index in [-0.39, 0.29) is 21.6 Å². The number of benzene rings is 1. The lowest BCUT2D eigenvalue weighted by atomic mass is 10.2. The standard InChI is InChI=1S/C25H30F3N7O3S/c1-4-35-23(38)20(39-24(35)19(13-29)22(37)31-16-25(26,27)28)14-30-17-6-5-7-18(12-17)33(3)21(36)15-34-10-8-32(2)9-11-34/h5-7,12,14,30H,4,8-11,15-16H2,1-3H3,(H,31,37)/b20-14+,24-19-. The number of rotatable bonds is 8. The second kappa shape index (κ2) is 12.9. The number of nitrogens with zero attached hydrogens (tertiary/aromatic N) is 5. The molecule has 3 rings (SSSR count). The summed E-state index contributed by atoms with van der Waals surface area (Å²) in [5.74, 6) is -1.27. The monoisotopic (exact) mass is 565 g/mol. The summed E-state index contributed by atoms with van der Waals surface area (Å²) in [6.45, 7) is 3.88. The van der Waals surface area contributed by atoms with Gasteiger partial charge in [0.25, 0.3) is 11.5 Å². The number of carbonyl (C=O) groups excluding carboxylic acids is 2. The van der Waals surface area contributed by atoms with E-state index < -0.39 is 29.8 Å². The van der Waals surface area contributed by atoms with Gasteiger partial charge in [-0.1, -0.05) is 6.07 Å². The Morgan fingerprint density at radius 1 is 1.23 bits per heavy atom. The molecule has 1 fully saturated rings. The number of halogens is 3. The van der Waals surface area contributed by atoms with E-state index in [1.165, 1.54) is 6.20 Å². The summed E-state index contributed by atoms with van der Waals surface area (Å²) in [5.41, 5.74) is 0.144. The minimum absolute atomic E-state index is 0.0410. The average molecular weight is 566 g/mol. The van der Waals surface area contributed by atoms with Crippen molar-refractivity contribution in [3.63, 3.8) is 0 Å². The van der Waals surface area contributed by atoms with E-state index in [9.17, 15) is 32.8 Å². The fourth-order valence-corrected chi connectivity index (χ4v) is 4.94. The summed E-state index contributed by atoms with van der Waals surface area (Å²) < 4.78 is 38.8. The number of alkyl halides is 3. The van der Waals surface area contributed by atoms with E-state index in [0.29, 0.717) is 17.9 Å². The van der Waals surface area contributed by atoms with E-state index in [1.807, 2.05) is 7.05 Å². The molecular formula is C25H30F3N7O3S. The van der Waals surface area contributed by atoms with Crippen LogP contribution in [-0.2, 0) is 16.1 Å². The minimum Gasteiger partial charge on any atom is -0.360 e. The van der Waals surface area contributed by atoms with Gasteiger partial charge in [-0.25, -0.2) is 0 Å². The summed E-state index contributed by atoms with van der Waals surface area (Å²) in [6.07, 6.45) is -3.24. The predicted octanol–water partition coefficient (Wildman–Crippen LogP) is 0.343. The molecule has 2 N–H and O–H groups in total. The van der Waals surface area contributed by atoms with Crippen LogP contribution in [0.4, 0.5) is 24.5 Å². The number of hydrogen-bond acceptors (Lipinski definition) is 8. The van der Waals surface area contributed by atoms with Gasteiger partial charge in [-0.3, -0.25) is 23.9 Å². The van der Waals surface area contributed by atoms with Crippen LogP contribution in [0.15, 0.2) is 29.1 Å². The molecule has 1 saturated heterocycles. The number of anilines is 2. The quantitative estimate of drug-likeness (QED) is 0.475. The lowest BCUT2D eigenvalue weighted by Gasteiger charge is -2.32. The van der Waals surface area contributed by atoms with Crippen molar-refractivity contribution in [2.75, 3.05) is 63.6 Å². The molecule has 0 radical (unpaired) electrons. The van der Waals surface area contributed by atoms with E-state index in [0.717, 1.165) is 42.1 Å². The average Bonchev–Trinajstić information content (AvgIpc) is 3.21. The van der Waals surface area contributed by atoms with Gasteiger partial charge >= 0.3 is 6.18 Å². The fourth-order valence-electron chi connectivity index (χ4n) is 3.86. The highest BCUT2D eigenvalue weighted by Crippen LogP contribution is 2.19. The summed E-state index contributed by atoms with van der Waals surface area (Å²) in [6, 6.07) is 8.63. The molecule has 0 bridgehead atoms. The molecule has 10 nitrogen and oxygen atoms in total.